The van der Waals surface area contributed by atoms with E-state index in [9.17, 15) is 4.79 Å². The molecule has 0 spiro atoms. The summed E-state index contributed by atoms with van der Waals surface area (Å²) in [6, 6.07) is 0.421. The molecule has 2 aromatic rings. The van der Waals surface area contributed by atoms with Crippen LogP contribution >= 0.6 is 11.3 Å². The number of nitrogens with zero attached hydrogens (tertiary/aromatic N) is 3. The normalized spacial score (nSPS) is 30.5. The van der Waals surface area contributed by atoms with Gasteiger partial charge in [0.25, 0.3) is 5.91 Å². The van der Waals surface area contributed by atoms with Crippen molar-refractivity contribution in [1.82, 2.24) is 19.6 Å². The van der Waals surface area contributed by atoms with E-state index in [4.69, 9.17) is 4.74 Å². The number of hydrogen-bond donors (Lipinski definition) is 1. The first kappa shape index (κ1) is 14.2. The molecule has 0 radical (unpaired) electrons. The van der Waals surface area contributed by atoms with Gasteiger partial charge in [-0.1, -0.05) is 0 Å². The molecule has 0 aromatic carbocycles. The number of amides is 1. The van der Waals surface area contributed by atoms with E-state index < -0.39 is 0 Å². The van der Waals surface area contributed by atoms with Crippen LogP contribution in [0.2, 0.25) is 0 Å². The van der Waals surface area contributed by atoms with Crippen LogP contribution in [0.5, 0.6) is 0 Å². The predicted molar refractivity (Wildman–Crippen MR) is 84.4 cm³/mol. The summed E-state index contributed by atoms with van der Waals surface area (Å²) in [6.45, 7) is 2.74. The second-order valence-corrected chi connectivity index (χ2v) is 7.23. The molecule has 1 N–H and O–H groups in total. The van der Waals surface area contributed by atoms with E-state index in [2.05, 4.69) is 15.2 Å². The summed E-state index contributed by atoms with van der Waals surface area (Å²) in [4.78, 5) is 20.1. The van der Waals surface area contributed by atoms with Crippen LogP contribution in [0.3, 0.4) is 0 Å². The molecule has 1 amide bonds. The molecule has 1 aliphatic heterocycles. The van der Waals surface area contributed by atoms with Crippen molar-refractivity contribution < 1.29 is 9.53 Å². The van der Waals surface area contributed by atoms with Crippen LogP contribution in [0.4, 0.5) is 0 Å². The zero-order valence-corrected chi connectivity index (χ0v) is 13.8. The van der Waals surface area contributed by atoms with Gasteiger partial charge in [-0.15, -0.1) is 11.3 Å². The highest BCUT2D eigenvalue weighted by Gasteiger charge is 2.55. The van der Waals surface area contributed by atoms with Crippen molar-refractivity contribution in [3.8, 4) is 0 Å². The first-order chi connectivity index (χ1) is 10.6. The highest BCUT2D eigenvalue weighted by molar-refractivity contribution is 7.15. The number of nitrogens with one attached hydrogen (secondary N) is 1. The number of aryl methyl sites for hydroxylation is 1. The van der Waals surface area contributed by atoms with Gasteiger partial charge in [0.05, 0.1) is 23.9 Å². The maximum atomic E-state index is 12.7. The lowest BCUT2D eigenvalue weighted by atomic mass is 9.71. The number of hydrogen-bond acceptors (Lipinski definition) is 5. The van der Waals surface area contributed by atoms with Crippen molar-refractivity contribution in [2.45, 2.75) is 31.5 Å². The highest BCUT2D eigenvalue weighted by Crippen LogP contribution is 2.41. The van der Waals surface area contributed by atoms with Crippen molar-refractivity contribution in [3.05, 3.63) is 23.0 Å². The molecule has 22 heavy (non-hydrogen) atoms. The third-order valence-corrected chi connectivity index (χ3v) is 5.65. The van der Waals surface area contributed by atoms with Crippen molar-refractivity contribution in [2.75, 3.05) is 20.7 Å². The van der Waals surface area contributed by atoms with Gasteiger partial charge in [0.15, 0.2) is 4.96 Å². The molecule has 1 aliphatic carbocycles. The minimum Gasteiger partial charge on any atom is -0.376 e. The maximum Gasteiger partial charge on any atom is 0.269 e. The zero-order chi connectivity index (χ0) is 15.4. The molecule has 1 saturated heterocycles. The van der Waals surface area contributed by atoms with Gasteiger partial charge in [0.2, 0.25) is 0 Å². The molecule has 6 nitrogen and oxygen atoms in total. The third-order valence-electron chi connectivity index (χ3n) is 4.81. The van der Waals surface area contributed by atoms with Crippen molar-refractivity contribution in [3.63, 3.8) is 0 Å². The van der Waals surface area contributed by atoms with Crippen LogP contribution in [0.15, 0.2) is 11.6 Å². The van der Waals surface area contributed by atoms with Crippen molar-refractivity contribution in [1.29, 1.82) is 0 Å². The molecule has 118 valence electrons. The van der Waals surface area contributed by atoms with E-state index in [1.54, 1.807) is 0 Å². The van der Waals surface area contributed by atoms with E-state index in [0.29, 0.717) is 11.6 Å². The van der Waals surface area contributed by atoms with E-state index in [-0.39, 0.29) is 24.1 Å². The Labute approximate surface area is 133 Å². The molecule has 7 heteroatoms. The van der Waals surface area contributed by atoms with Crippen LogP contribution in [-0.4, -0.2) is 59.1 Å². The molecule has 3 heterocycles. The Balaban J connectivity index is 1.56. The first-order valence-corrected chi connectivity index (χ1v) is 8.46. The lowest BCUT2D eigenvalue weighted by molar-refractivity contribution is -0.0664. The Hall–Kier alpha value is -1.44. The van der Waals surface area contributed by atoms with Gasteiger partial charge in [0.1, 0.15) is 5.69 Å². The average molecular weight is 320 g/mol. The number of carbonyl (C=O) groups is 1. The van der Waals surface area contributed by atoms with Gasteiger partial charge in [-0.3, -0.25) is 9.20 Å². The second kappa shape index (κ2) is 5.04. The summed E-state index contributed by atoms with van der Waals surface area (Å²) >= 11 is 1.50. The topological polar surface area (TPSA) is 58.9 Å². The Morgan fingerprint density at radius 3 is 3.14 bits per heavy atom. The number of thiazole rings is 1. The first-order valence-electron chi connectivity index (χ1n) is 7.58. The summed E-state index contributed by atoms with van der Waals surface area (Å²) in [5, 5.41) is 5.10. The molecule has 2 aromatic heterocycles. The molecule has 2 fully saturated rings. The largest absolute Gasteiger partial charge is 0.376 e. The van der Waals surface area contributed by atoms with Gasteiger partial charge < -0.3 is 15.0 Å². The molecular formula is C15H20N4O2S. The minimum absolute atomic E-state index is 0.0224. The van der Waals surface area contributed by atoms with Gasteiger partial charge in [-0.05, 0) is 27.4 Å². The van der Waals surface area contributed by atoms with Crippen LogP contribution in [-0.2, 0) is 4.74 Å². The number of carbonyl (C=O) groups excluding carboxylic acids is 1. The van der Waals surface area contributed by atoms with Crippen molar-refractivity contribution >= 4 is 22.2 Å². The summed E-state index contributed by atoms with van der Waals surface area (Å²) in [5.41, 5.74) is 1.60. The number of aromatic nitrogens is 2. The molecule has 1 saturated carbocycles. The van der Waals surface area contributed by atoms with Crippen LogP contribution in [0, 0.1) is 12.8 Å². The van der Waals surface area contributed by atoms with Crippen LogP contribution in [0.25, 0.3) is 4.96 Å². The Kier molecular flexibility index (Phi) is 3.25. The summed E-state index contributed by atoms with van der Waals surface area (Å²) in [6.07, 6.45) is 3.20. The number of fused-ring (bicyclic) bond motifs is 2. The van der Waals surface area contributed by atoms with E-state index in [1.807, 2.05) is 37.0 Å². The molecule has 4 atom stereocenters. The lowest BCUT2D eigenvalue weighted by Gasteiger charge is -2.50. The molecule has 0 bridgehead atoms. The van der Waals surface area contributed by atoms with Crippen LogP contribution < -0.4 is 5.32 Å². The fourth-order valence-corrected chi connectivity index (χ4v) is 4.67. The number of likely N-dealkylation sites (N-methyl/N-ethyl adjacent to an activating group) is 1. The highest BCUT2D eigenvalue weighted by atomic mass is 32.1. The number of imidazole rings is 1. The van der Waals surface area contributed by atoms with Gasteiger partial charge >= 0.3 is 0 Å². The van der Waals surface area contributed by atoms with Gasteiger partial charge in [0, 0.05) is 24.1 Å². The molecule has 4 rings (SSSR count). The Morgan fingerprint density at radius 2 is 2.36 bits per heavy atom. The standard InChI is InChI=1S/C15H20N4O2S/c1-8-6-19-10(7-22-15(19)16-8)14(20)17-11-9-4-5-21-13(9)12(11)18(2)3/h6-7,9,11-13H,4-5H2,1-3H3,(H,17,20)/t9-,11+,12-,13-/m1/s1. The maximum absolute atomic E-state index is 12.7. The third kappa shape index (κ3) is 2.00. The van der Waals surface area contributed by atoms with Gasteiger partial charge in [-0.2, -0.15) is 0 Å². The van der Waals surface area contributed by atoms with Crippen LogP contribution in [0.1, 0.15) is 22.6 Å². The summed E-state index contributed by atoms with van der Waals surface area (Å²) in [5.74, 6) is 0.417. The number of ether oxygens (including phenoxy) is 1. The molecular weight excluding hydrogens is 300 g/mol. The average Bonchev–Trinajstić information content (AvgIpc) is 3.09. The summed E-state index contributed by atoms with van der Waals surface area (Å²) < 4.78 is 7.67. The predicted octanol–water partition coefficient (Wildman–Crippen LogP) is 1.15. The van der Waals surface area contributed by atoms with E-state index in [0.717, 1.165) is 23.7 Å². The van der Waals surface area contributed by atoms with E-state index in [1.165, 1.54) is 11.3 Å². The van der Waals surface area contributed by atoms with E-state index >= 15 is 0 Å². The Morgan fingerprint density at radius 1 is 1.55 bits per heavy atom. The summed E-state index contributed by atoms with van der Waals surface area (Å²) in [7, 11) is 4.09. The second-order valence-electron chi connectivity index (χ2n) is 6.40. The number of rotatable bonds is 3. The molecule has 0 unspecified atom stereocenters. The monoisotopic (exact) mass is 320 g/mol. The smallest absolute Gasteiger partial charge is 0.269 e. The van der Waals surface area contributed by atoms with Gasteiger partial charge in [-0.25, -0.2) is 4.98 Å². The lowest BCUT2D eigenvalue weighted by Crippen LogP contribution is -2.69. The Bertz CT molecular complexity index is 722. The fraction of sp³-hybridized carbons (Fsp3) is 0.600. The zero-order valence-electron chi connectivity index (χ0n) is 12.9. The minimum atomic E-state index is -0.0224. The SMILES string of the molecule is Cc1cn2c(C(=O)N[C@H]3[C@H]4CCO[C@H]4[C@@H]3N(C)C)csc2n1. The molecule has 2 aliphatic rings. The fourth-order valence-electron chi connectivity index (χ4n) is 3.77. The quantitative estimate of drug-likeness (QED) is 0.922. The van der Waals surface area contributed by atoms with Crippen molar-refractivity contribution in [2.24, 2.45) is 5.92 Å².